The molecular weight excluding hydrogens is 300 g/mol. The van der Waals surface area contributed by atoms with Gasteiger partial charge in [0.15, 0.2) is 11.5 Å². The number of hydrogen-bond donors (Lipinski definition) is 1. The molecule has 2 heterocycles. The SMILES string of the molecule is C=CCCCS(=O)(=O)NCc1nnc2c(Cl)cccn12. The maximum absolute atomic E-state index is 11.8. The van der Waals surface area contributed by atoms with Crippen LogP contribution in [0, 0.1) is 0 Å². The summed E-state index contributed by atoms with van der Waals surface area (Å²) in [5.74, 6) is 0.561. The van der Waals surface area contributed by atoms with Gasteiger partial charge in [0.1, 0.15) is 0 Å². The summed E-state index contributed by atoms with van der Waals surface area (Å²) in [7, 11) is -3.32. The minimum Gasteiger partial charge on any atom is -0.284 e. The smallest absolute Gasteiger partial charge is 0.212 e. The maximum Gasteiger partial charge on any atom is 0.212 e. The maximum atomic E-state index is 11.8. The van der Waals surface area contributed by atoms with Gasteiger partial charge >= 0.3 is 0 Å². The molecule has 0 saturated carbocycles. The predicted molar refractivity (Wildman–Crippen MR) is 78.1 cm³/mol. The summed E-state index contributed by atoms with van der Waals surface area (Å²) in [6.45, 7) is 3.64. The zero-order valence-electron chi connectivity index (χ0n) is 10.8. The molecule has 0 atom stereocenters. The Bertz CT molecular complexity index is 711. The molecule has 0 fully saturated rings. The van der Waals surface area contributed by atoms with Crippen LogP contribution in [0.3, 0.4) is 0 Å². The molecule has 0 unspecified atom stereocenters. The number of nitrogens with zero attached hydrogens (tertiary/aromatic N) is 3. The normalized spacial score (nSPS) is 11.8. The van der Waals surface area contributed by atoms with E-state index < -0.39 is 10.0 Å². The number of pyridine rings is 1. The molecule has 108 valence electrons. The van der Waals surface area contributed by atoms with E-state index in [2.05, 4.69) is 21.5 Å². The van der Waals surface area contributed by atoms with Crippen LogP contribution in [-0.2, 0) is 16.6 Å². The molecular formula is C12H15ClN4O2S. The summed E-state index contributed by atoms with van der Waals surface area (Å²) < 4.78 is 27.7. The van der Waals surface area contributed by atoms with E-state index in [9.17, 15) is 8.42 Å². The van der Waals surface area contributed by atoms with Crippen LogP contribution < -0.4 is 4.72 Å². The Morgan fingerprint density at radius 1 is 1.45 bits per heavy atom. The first kappa shape index (κ1) is 15.0. The zero-order valence-corrected chi connectivity index (χ0v) is 12.4. The minimum absolute atomic E-state index is 0.0660. The predicted octanol–water partition coefficient (Wildman–Crippen LogP) is 1.77. The van der Waals surface area contributed by atoms with Crippen molar-refractivity contribution in [3.8, 4) is 0 Å². The molecule has 20 heavy (non-hydrogen) atoms. The Morgan fingerprint density at radius 2 is 2.25 bits per heavy atom. The molecule has 0 radical (unpaired) electrons. The standard InChI is InChI=1S/C12H15ClN4O2S/c1-2-3-4-8-20(18,19)14-9-11-15-16-12-10(13)6-5-7-17(11)12/h2,5-7,14H,1,3-4,8-9H2. The first-order chi connectivity index (χ1) is 9.53. The van der Waals surface area contributed by atoms with Crippen LogP contribution >= 0.6 is 11.6 Å². The molecule has 6 nitrogen and oxygen atoms in total. The van der Waals surface area contributed by atoms with Crippen molar-refractivity contribution in [3.05, 3.63) is 41.8 Å². The minimum atomic E-state index is -3.32. The summed E-state index contributed by atoms with van der Waals surface area (Å²) in [6.07, 6.45) is 4.65. The molecule has 2 aromatic rings. The van der Waals surface area contributed by atoms with Crippen LogP contribution in [-0.4, -0.2) is 28.8 Å². The van der Waals surface area contributed by atoms with Gasteiger partial charge in [0.2, 0.25) is 10.0 Å². The number of hydrogen-bond acceptors (Lipinski definition) is 4. The molecule has 0 amide bonds. The molecule has 0 aliphatic rings. The zero-order chi connectivity index (χ0) is 14.6. The molecule has 2 aromatic heterocycles. The van der Waals surface area contributed by atoms with Gasteiger partial charge in [-0.05, 0) is 25.0 Å². The Labute approximate surface area is 122 Å². The fraction of sp³-hybridized carbons (Fsp3) is 0.333. The number of rotatable bonds is 7. The Balaban J connectivity index is 2.06. The monoisotopic (exact) mass is 314 g/mol. The summed E-state index contributed by atoms with van der Waals surface area (Å²) in [5, 5.41) is 8.34. The fourth-order valence-electron chi connectivity index (χ4n) is 1.72. The van der Waals surface area contributed by atoms with Crippen LogP contribution in [0.1, 0.15) is 18.7 Å². The lowest BCUT2D eigenvalue weighted by Crippen LogP contribution is -2.26. The first-order valence-corrected chi connectivity index (χ1v) is 8.13. The third kappa shape index (κ3) is 3.56. The van der Waals surface area contributed by atoms with Gasteiger partial charge in [-0.25, -0.2) is 13.1 Å². The second-order valence-electron chi connectivity index (χ2n) is 4.24. The molecule has 0 spiro atoms. The van der Waals surface area contributed by atoms with Gasteiger partial charge in [-0.2, -0.15) is 0 Å². The highest BCUT2D eigenvalue weighted by atomic mass is 35.5. The number of nitrogens with one attached hydrogen (secondary N) is 1. The fourth-order valence-corrected chi connectivity index (χ4v) is 2.96. The second kappa shape index (κ2) is 6.34. The molecule has 8 heteroatoms. The van der Waals surface area contributed by atoms with Crippen molar-refractivity contribution in [2.75, 3.05) is 5.75 Å². The van der Waals surface area contributed by atoms with E-state index >= 15 is 0 Å². The van der Waals surface area contributed by atoms with Crippen LogP contribution in [0.2, 0.25) is 5.02 Å². The quantitative estimate of drug-likeness (QED) is 0.624. The highest BCUT2D eigenvalue weighted by Gasteiger charge is 2.13. The third-order valence-electron chi connectivity index (χ3n) is 2.73. The third-order valence-corrected chi connectivity index (χ3v) is 4.43. The van der Waals surface area contributed by atoms with Crippen molar-refractivity contribution in [2.24, 2.45) is 0 Å². The molecule has 1 N–H and O–H groups in total. The molecule has 0 aromatic carbocycles. The van der Waals surface area contributed by atoms with Crippen molar-refractivity contribution in [2.45, 2.75) is 19.4 Å². The Kier molecular flexibility index (Phi) is 4.74. The number of unbranched alkanes of at least 4 members (excludes halogenated alkanes) is 1. The van der Waals surface area contributed by atoms with Crippen LogP contribution in [0.25, 0.3) is 5.65 Å². The summed E-state index contributed by atoms with van der Waals surface area (Å²) in [4.78, 5) is 0. The number of aromatic nitrogens is 3. The number of sulfonamides is 1. The van der Waals surface area contributed by atoms with E-state index in [4.69, 9.17) is 11.6 Å². The van der Waals surface area contributed by atoms with Crippen molar-refractivity contribution in [3.63, 3.8) is 0 Å². The largest absolute Gasteiger partial charge is 0.284 e. The summed E-state index contributed by atoms with van der Waals surface area (Å²) in [5.41, 5.74) is 0.509. The van der Waals surface area contributed by atoms with E-state index in [0.29, 0.717) is 29.3 Å². The first-order valence-electron chi connectivity index (χ1n) is 6.10. The average molecular weight is 315 g/mol. The van der Waals surface area contributed by atoms with Crippen LogP contribution in [0.5, 0.6) is 0 Å². The van der Waals surface area contributed by atoms with Crippen LogP contribution in [0.15, 0.2) is 31.0 Å². The molecule has 0 aliphatic carbocycles. The van der Waals surface area contributed by atoms with E-state index in [1.807, 2.05) is 0 Å². The molecule has 0 aliphatic heterocycles. The van der Waals surface area contributed by atoms with E-state index in [-0.39, 0.29) is 12.3 Å². The molecule has 0 bridgehead atoms. The van der Waals surface area contributed by atoms with E-state index in [1.165, 1.54) is 0 Å². The van der Waals surface area contributed by atoms with Crippen molar-refractivity contribution in [1.82, 2.24) is 19.3 Å². The lowest BCUT2D eigenvalue weighted by Gasteiger charge is -2.05. The topological polar surface area (TPSA) is 76.4 Å². The summed E-state index contributed by atoms with van der Waals surface area (Å²) in [6, 6.07) is 3.45. The van der Waals surface area contributed by atoms with Gasteiger partial charge in [0.25, 0.3) is 0 Å². The Hall–Kier alpha value is -1.44. The van der Waals surface area contributed by atoms with E-state index in [0.717, 1.165) is 0 Å². The van der Waals surface area contributed by atoms with Crippen molar-refractivity contribution in [1.29, 1.82) is 0 Å². The highest BCUT2D eigenvalue weighted by Crippen LogP contribution is 2.15. The number of allylic oxidation sites excluding steroid dienone is 1. The summed E-state index contributed by atoms with van der Waals surface area (Å²) >= 11 is 5.97. The van der Waals surface area contributed by atoms with Gasteiger partial charge in [-0.15, -0.1) is 16.8 Å². The van der Waals surface area contributed by atoms with Crippen molar-refractivity contribution < 1.29 is 8.42 Å². The van der Waals surface area contributed by atoms with Crippen LogP contribution in [0.4, 0.5) is 0 Å². The molecule has 2 rings (SSSR count). The van der Waals surface area contributed by atoms with Gasteiger partial charge in [0, 0.05) is 6.20 Å². The molecule has 0 saturated heterocycles. The lowest BCUT2D eigenvalue weighted by molar-refractivity contribution is 0.576. The highest BCUT2D eigenvalue weighted by molar-refractivity contribution is 7.89. The number of fused-ring (bicyclic) bond motifs is 1. The lowest BCUT2D eigenvalue weighted by atomic mass is 10.3. The van der Waals surface area contributed by atoms with Gasteiger partial charge in [0.05, 0.1) is 17.3 Å². The second-order valence-corrected chi connectivity index (χ2v) is 6.57. The average Bonchev–Trinajstić information content (AvgIpc) is 2.81. The van der Waals surface area contributed by atoms with Crippen molar-refractivity contribution >= 4 is 27.3 Å². The number of halogens is 1. The van der Waals surface area contributed by atoms with E-state index in [1.54, 1.807) is 28.8 Å². The van der Waals surface area contributed by atoms with Gasteiger partial charge in [-0.1, -0.05) is 17.7 Å². The Morgan fingerprint density at radius 3 is 3.00 bits per heavy atom. The van der Waals surface area contributed by atoms with Gasteiger partial charge in [-0.3, -0.25) is 4.40 Å². The van der Waals surface area contributed by atoms with Gasteiger partial charge < -0.3 is 0 Å².